The van der Waals surface area contributed by atoms with Crippen LogP contribution in [0.15, 0.2) is 6.33 Å². The molecule has 0 saturated carbocycles. The van der Waals surface area contributed by atoms with Crippen molar-refractivity contribution in [1.82, 2.24) is 9.55 Å². The van der Waals surface area contributed by atoms with Crippen LogP contribution in [0.3, 0.4) is 0 Å². The summed E-state index contributed by atoms with van der Waals surface area (Å²) in [4.78, 5) is 15.9. The maximum Gasteiger partial charge on any atom is 0.353 e. The number of fused-ring (bicyclic) bond motifs is 1. The van der Waals surface area contributed by atoms with Gasteiger partial charge in [-0.3, -0.25) is 15.5 Å². The topological polar surface area (TPSA) is 88.1 Å². The van der Waals surface area contributed by atoms with E-state index in [9.17, 15) is 10.1 Å². The number of rotatable bonds is 2. The molecule has 80 valence electrons. The summed E-state index contributed by atoms with van der Waals surface area (Å²) in [6.07, 6.45) is 1.49. The van der Waals surface area contributed by atoms with Gasteiger partial charge in [-0.2, -0.15) is 0 Å². The van der Waals surface area contributed by atoms with Gasteiger partial charge in [0.05, 0.1) is 11.3 Å². The quantitative estimate of drug-likeness (QED) is 0.553. The molecule has 0 radical (unpaired) electrons. The van der Waals surface area contributed by atoms with Crippen molar-refractivity contribution in [2.24, 2.45) is 0 Å². The van der Waals surface area contributed by atoms with E-state index in [1.807, 2.05) is 11.8 Å². The molecule has 0 spiro atoms. The first-order chi connectivity index (χ1) is 7.15. The summed E-state index contributed by atoms with van der Waals surface area (Å²) in [6.45, 7) is 4.06. The van der Waals surface area contributed by atoms with Gasteiger partial charge >= 0.3 is 5.69 Å². The molecule has 0 bridgehead atoms. The smallest absolute Gasteiger partial charge is 0.351 e. The summed E-state index contributed by atoms with van der Waals surface area (Å²) in [6, 6.07) is 0. The van der Waals surface area contributed by atoms with E-state index in [1.165, 1.54) is 6.33 Å². The Bertz CT molecular complexity index is 467. The van der Waals surface area contributed by atoms with Crippen LogP contribution in [0.1, 0.15) is 6.92 Å². The molecule has 1 aromatic rings. The van der Waals surface area contributed by atoms with E-state index in [0.717, 1.165) is 6.54 Å². The number of hydrogen-bond donors (Lipinski definition) is 1. The summed E-state index contributed by atoms with van der Waals surface area (Å²) in [5.41, 5.74) is -0.469. The van der Waals surface area contributed by atoms with Crippen LogP contribution < -0.4 is 10.4 Å². The van der Waals surface area contributed by atoms with Crippen molar-refractivity contribution in [1.29, 1.82) is 5.41 Å². The van der Waals surface area contributed by atoms with Gasteiger partial charge in [0.15, 0.2) is 5.82 Å². The van der Waals surface area contributed by atoms with Gasteiger partial charge < -0.3 is 9.47 Å². The molecule has 0 aromatic carbocycles. The van der Waals surface area contributed by atoms with Gasteiger partial charge in [0.25, 0.3) is 0 Å². The Morgan fingerprint density at radius 2 is 2.40 bits per heavy atom. The zero-order valence-corrected chi connectivity index (χ0v) is 8.30. The van der Waals surface area contributed by atoms with Gasteiger partial charge in [0.2, 0.25) is 5.49 Å². The fourth-order valence-electron chi connectivity index (χ4n) is 1.79. The lowest BCUT2D eigenvalue weighted by Gasteiger charge is -2.14. The third-order valence-corrected chi connectivity index (χ3v) is 2.51. The van der Waals surface area contributed by atoms with E-state index >= 15 is 0 Å². The molecule has 7 heteroatoms. The van der Waals surface area contributed by atoms with Crippen LogP contribution >= 0.6 is 0 Å². The fourth-order valence-corrected chi connectivity index (χ4v) is 1.79. The van der Waals surface area contributed by atoms with Gasteiger partial charge in [-0.25, -0.2) is 4.98 Å². The Morgan fingerprint density at radius 3 is 3.00 bits per heavy atom. The van der Waals surface area contributed by atoms with Gasteiger partial charge in [0, 0.05) is 19.6 Å². The third kappa shape index (κ3) is 1.36. The molecule has 1 aromatic heterocycles. The van der Waals surface area contributed by atoms with Crippen molar-refractivity contribution < 1.29 is 4.92 Å². The first-order valence-corrected chi connectivity index (χ1v) is 4.68. The Morgan fingerprint density at radius 1 is 1.67 bits per heavy atom. The standard InChI is InChI=1S/C8H11N5O2/c1-2-11-3-4-12-5-10-7(9)6(8(11)12)13(14)15/h5,9H,2-4H2,1H3. The van der Waals surface area contributed by atoms with Crippen LogP contribution in [0, 0.1) is 15.5 Å². The molecule has 7 nitrogen and oxygen atoms in total. The minimum Gasteiger partial charge on any atom is -0.351 e. The molecule has 0 atom stereocenters. The number of nitrogens with zero attached hydrogens (tertiary/aromatic N) is 4. The first-order valence-electron chi connectivity index (χ1n) is 4.68. The van der Waals surface area contributed by atoms with Crippen LogP contribution in [0.2, 0.25) is 0 Å². The summed E-state index contributed by atoms with van der Waals surface area (Å²) < 4.78 is 1.72. The molecular weight excluding hydrogens is 198 g/mol. The molecule has 2 heterocycles. The zero-order valence-electron chi connectivity index (χ0n) is 8.30. The Hall–Kier alpha value is -1.92. The van der Waals surface area contributed by atoms with Crippen molar-refractivity contribution in [2.75, 3.05) is 18.0 Å². The Labute approximate surface area is 85.6 Å². The number of nitro groups is 1. The fraction of sp³-hybridized carbons (Fsp3) is 0.500. The van der Waals surface area contributed by atoms with Crippen molar-refractivity contribution in [3.8, 4) is 0 Å². The first kappa shape index (κ1) is 9.63. The predicted octanol–water partition coefficient (Wildman–Crippen LogP) is 0.111. The number of aromatic nitrogens is 2. The normalized spacial score (nSPS) is 14.1. The number of anilines is 1. The summed E-state index contributed by atoms with van der Waals surface area (Å²) in [5.74, 6) is 0.502. The molecule has 0 fully saturated rings. The van der Waals surface area contributed by atoms with Gasteiger partial charge in [-0.05, 0) is 6.92 Å². The lowest BCUT2D eigenvalue weighted by atomic mass is 10.4. The highest BCUT2D eigenvalue weighted by Gasteiger charge is 2.28. The Kier molecular flexibility index (Phi) is 2.14. The van der Waals surface area contributed by atoms with Crippen LogP contribution in [0.5, 0.6) is 0 Å². The van der Waals surface area contributed by atoms with Gasteiger partial charge in [0.1, 0.15) is 0 Å². The average Bonchev–Trinajstić information content (AvgIpc) is 2.59. The van der Waals surface area contributed by atoms with Crippen molar-refractivity contribution in [2.45, 2.75) is 13.5 Å². The summed E-state index contributed by atoms with van der Waals surface area (Å²) >= 11 is 0. The second kappa shape index (κ2) is 3.34. The second-order valence-corrected chi connectivity index (χ2v) is 3.30. The largest absolute Gasteiger partial charge is 0.353 e. The minimum atomic E-state index is -0.533. The third-order valence-electron chi connectivity index (χ3n) is 2.51. The molecule has 1 aliphatic rings. The number of hydrogen-bond acceptors (Lipinski definition) is 5. The molecule has 0 unspecified atom stereocenters. The van der Waals surface area contributed by atoms with Crippen LogP contribution in [-0.2, 0) is 6.54 Å². The maximum absolute atomic E-state index is 10.8. The molecule has 2 rings (SSSR count). The summed E-state index contributed by atoms with van der Waals surface area (Å²) in [5, 5.41) is 18.3. The highest BCUT2D eigenvalue weighted by molar-refractivity contribution is 5.58. The molecule has 0 aliphatic carbocycles. The number of likely N-dealkylation sites (N-methyl/N-ethyl adjacent to an activating group) is 1. The van der Waals surface area contributed by atoms with Crippen LogP contribution in [0.4, 0.5) is 11.5 Å². The lowest BCUT2D eigenvalue weighted by Crippen LogP contribution is -2.23. The van der Waals surface area contributed by atoms with E-state index in [-0.39, 0.29) is 11.2 Å². The Balaban J connectivity index is 2.68. The van der Waals surface area contributed by atoms with Gasteiger partial charge in [-0.1, -0.05) is 0 Å². The van der Waals surface area contributed by atoms with E-state index in [4.69, 9.17) is 5.41 Å². The lowest BCUT2D eigenvalue weighted by molar-refractivity contribution is -0.386. The average molecular weight is 209 g/mol. The van der Waals surface area contributed by atoms with E-state index in [0.29, 0.717) is 18.9 Å². The predicted molar refractivity (Wildman–Crippen MR) is 52.6 cm³/mol. The van der Waals surface area contributed by atoms with E-state index in [1.54, 1.807) is 4.57 Å². The van der Waals surface area contributed by atoms with E-state index in [2.05, 4.69) is 4.98 Å². The van der Waals surface area contributed by atoms with Crippen molar-refractivity contribution in [3.63, 3.8) is 0 Å². The van der Waals surface area contributed by atoms with Crippen LogP contribution in [-0.4, -0.2) is 27.6 Å². The minimum absolute atomic E-state index is 0.197. The van der Waals surface area contributed by atoms with Crippen LogP contribution in [0.25, 0.3) is 0 Å². The van der Waals surface area contributed by atoms with E-state index < -0.39 is 4.92 Å². The SMILES string of the molecule is CCN1CCn2cnc(=N)c([N+](=O)[O-])c21. The van der Waals surface area contributed by atoms with Crippen molar-refractivity contribution >= 4 is 11.5 Å². The molecule has 0 amide bonds. The van der Waals surface area contributed by atoms with Gasteiger partial charge in [-0.15, -0.1) is 0 Å². The molecular formula is C8H11N5O2. The number of nitrogens with one attached hydrogen (secondary N) is 1. The second-order valence-electron chi connectivity index (χ2n) is 3.30. The maximum atomic E-state index is 10.8. The zero-order chi connectivity index (χ0) is 11.0. The molecule has 15 heavy (non-hydrogen) atoms. The highest BCUT2D eigenvalue weighted by atomic mass is 16.6. The molecule has 1 aliphatic heterocycles. The molecule has 0 saturated heterocycles. The molecule has 1 N–H and O–H groups in total. The van der Waals surface area contributed by atoms with Crippen molar-refractivity contribution in [3.05, 3.63) is 21.9 Å². The monoisotopic (exact) mass is 209 g/mol. The highest BCUT2D eigenvalue weighted by Crippen LogP contribution is 2.27. The summed E-state index contributed by atoms with van der Waals surface area (Å²) in [7, 11) is 0.